The zero-order chi connectivity index (χ0) is 23.1. The van der Waals surface area contributed by atoms with Crippen molar-refractivity contribution in [3.05, 3.63) is 95.6 Å². The summed E-state index contributed by atoms with van der Waals surface area (Å²) in [6, 6.07) is 26.5. The van der Waals surface area contributed by atoms with Crippen LogP contribution in [0.15, 0.2) is 78.9 Å². The number of nitrogens with zero attached hydrogens (tertiary/aromatic N) is 2. The van der Waals surface area contributed by atoms with E-state index in [1.807, 2.05) is 61.5 Å². The second-order valence-electron chi connectivity index (χ2n) is 9.45. The van der Waals surface area contributed by atoms with Gasteiger partial charge in [0.05, 0.1) is 11.8 Å². The molecule has 0 saturated carbocycles. The van der Waals surface area contributed by atoms with Gasteiger partial charge in [-0.15, -0.1) is 0 Å². The van der Waals surface area contributed by atoms with Crippen LogP contribution in [0.2, 0.25) is 0 Å². The number of hydrogen-bond acceptors (Lipinski definition) is 4. The molecular formula is C28H36N2O2. The minimum Gasteiger partial charge on any atom is -0.487 e. The van der Waals surface area contributed by atoms with E-state index in [1.54, 1.807) is 0 Å². The first-order chi connectivity index (χ1) is 15.2. The number of hydrogen-bond donors (Lipinski definition) is 1. The van der Waals surface area contributed by atoms with Gasteiger partial charge in [-0.05, 0) is 49.6 Å². The normalized spacial score (nSPS) is 12.6. The summed E-state index contributed by atoms with van der Waals surface area (Å²) in [5.74, 6) is 0.812. The molecule has 4 heteroatoms. The van der Waals surface area contributed by atoms with E-state index in [9.17, 15) is 5.11 Å². The number of β-amino-alcohol motifs (C(OH)–C–C–N with tert-alkyl or cyclic N) is 1. The number of ether oxygens (including phenoxy) is 1. The number of rotatable bonds is 9. The van der Waals surface area contributed by atoms with Gasteiger partial charge in [-0.25, -0.2) is 0 Å². The Hall–Kier alpha value is -2.82. The molecule has 0 heterocycles. The standard InChI is InChI=1S/C28H36N2O2/c1-28(2,3)30(19-22-12-8-6-9-13-22)20-26(31)24-16-17-27(25(18-24)29(4)5)32-21-23-14-10-7-11-15-23/h6-18,26,31H,19-21H2,1-5H3. The number of benzene rings is 3. The number of aliphatic hydroxyl groups is 1. The van der Waals surface area contributed by atoms with E-state index in [1.165, 1.54) is 5.56 Å². The van der Waals surface area contributed by atoms with Crippen molar-refractivity contribution in [1.29, 1.82) is 0 Å². The van der Waals surface area contributed by atoms with Crippen LogP contribution in [-0.2, 0) is 13.2 Å². The maximum atomic E-state index is 11.1. The summed E-state index contributed by atoms with van der Waals surface area (Å²) in [5, 5.41) is 11.1. The molecule has 170 valence electrons. The zero-order valence-corrected chi connectivity index (χ0v) is 20.0. The summed E-state index contributed by atoms with van der Waals surface area (Å²) in [7, 11) is 4.00. The predicted octanol–water partition coefficient (Wildman–Crippen LogP) is 5.67. The fraction of sp³-hybridized carbons (Fsp3) is 0.357. The van der Waals surface area contributed by atoms with Crippen LogP contribution in [0.3, 0.4) is 0 Å². The highest BCUT2D eigenvalue weighted by Crippen LogP contribution is 2.32. The molecule has 1 N–H and O–H groups in total. The van der Waals surface area contributed by atoms with Gasteiger partial charge in [0.25, 0.3) is 0 Å². The second-order valence-corrected chi connectivity index (χ2v) is 9.45. The average Bonchev–Trinajstić information content (AvgIpc) is 2.77. The van der Waals surface area contributed by atoms with E-state index in [4.69, 9.17) is 4.74 Å². The van der Waals surface area contributed by atoms with Crippen LogP contribution in [-0.4, -0.2) is 36.2 Å². The molecule has 0 aliphatic carbocycles. The summed E-state index contributed by atoms with van der Waals surface area (Å²) in [6.07, 6.45) is -0.597. The Balaban J connectivity index is 1.75. The van der Waals surface area contributed by atoms with Crippen LogP contribution in [0, 0.1) is 0 Å². The third-order valence-corrected chi connectivity index (χ3v) is 5.65. The maximum absolute atomic E-state index is 11.1. The van der Waals surface area contributed by atoms with Crippen LogP contribution in [0.4, 0.5) is 5.69 Å². The Morgan fingerprint density at radius 1 is 0.844 bits per heavy atom. The van der Waals surface area contributed by atoms with Crippen molar-refractivity contribution in [3.63, 3.8) is 0 Å². The fourth-order valence-electron chi connectivity index (χ4n) is 3.64. The van der Waals surface area contributed by atoms with E-state index >= 15 is 0 Å². The predicted molar refractivity (Wildman–Crippen MR) is 133 cm³/mol. The van der Waals surface area contributed by atoms with Crippen LogP contribution in [0.25, 0.3) is 0 Å². The zero-order valence-electron chi connectivity index (χ0n) is 20.0. The molecule has 0 bridgehead atoms. The van der Waals surface area contributed by atoms with Crippen LogP contribution >= 0.6 is 0 Å². The Bertz CT molecular complexity index is 966. The molecule has 3 aromatic carbocycles. The minimum atomic E-state index is -0.597. The fourth-order valence-corrected chi connectivity index (χ4v) is 3.64. The molecule has 0 aliphatic rings. The van der Waals surface area contributed by atoms with Crippen molar-refractivity contribution in [2.24, 2.45) is 0 Å². The van der Waals surface area contributed by atoms with Gasteiger partial charge in [-0.3, -0.25) is 4.90 Å². The highest BCUT2D eigenvalue weighted by atomic mass is 16.5. The Morgan fingerprint density at radius 2 is 1.44 bits per heavy atom. The average molecular weight is 433 g/mol. The maximum Gasteiger partial charge on any atom is 0.143 e. The lowest BCUT2D eigenvalue weighted by Gasteiger charge is -2.37. The Labute approximate surface area is 193 Å². The molecule has 32 heavy (non-hydrogen) atoms. The topological polar surface area (TPSA) is 35.9 Å². The van der Waals surface area contributed by atoms with Crippen LogP contribution in [0.1, 0.15) is 43.6 Å². The van der Waals surface area contributed by atoms with E-state index in [-0.39, 0.29) is 5.54 Å². The van der Waals surface area contributed by atoms with E-state index in [0.717, 1.165) is 29.1 Å². The molecule has 0 aliphatic heterocycles. The molecule has 3 aromatic rings. The molecule has 3 rings (SSSR count). The third kappa shape index (κ3) is 6.59. The lowest BCUT2D eigenvalue weighted by Crippen LogP contribution is -2.43. The van der Waals surface area contributed by atoms with E-state index in [0.29, 0.717) is 13.2 Å². The molecule has 0 radical (unpaired) electrons. The summed E-state index contributed by atoms with van der Waals surface area (Å²) < 4.78 is 6.10. The van der Waals surface area contributed by atoms with Crippen molar-refractivity contribution >= 4 is 5.69 Å². The molecular weight excluding hydrogens is 396 g/mol. The summed E-state index contributed by atoms with van der Waals surface area (Å²) >= 11 is 0. The molecule has 0 amide bonds. The lowest BCUT2D eigenvalue weighted by atomic mass is 10.0. The molecule has 1 atom stereocenters. The van der Waals surface area contributed by atoms with Gasteiger partial charge in [0.2, 0.25) is 0 Å². The lowest BCUT2D eigenvalue weighted by molar-refractivity contribution is 0.0523. The van der Waals surface area contributed by atoms with Gasteiger partial charge in [0.15, 0.2) is 0 Å². The molecule has 1 unspecified atom stereocenters. The SMILES string of the molecule is CN(C)c1cc(C(O)CN(Cc2ccccc2)C(C)(C)C)ccc1OCc1ccccc1. The largest absolute Gasteiger partial charge is 0.487 e. The summed E-state index contributed by atoms with van der Waals surface area (Å²) in [6.45, 7) is 8.42. The Kier molecular flexibility index (Phi) is 7.94. The first kappa shape index (κ1) is 23.8. The first-order valence-electron chi connectivity index (χ1n) is 11.2. The number of anilines is 1. The van der Waals surface area contributed by atoms with Gasteiger partial charge in [0.1, 0.15) is 12.4 Å². The molecule has 0 aromatic heterocycles. The summed E-state index contributed by atoms with van der Waals surface area (Å²) in [4.78, 5) is 4.35. The van der Waals surface area contributed by atoms with Gasteiger partial charge < -0.3 is 14.7 Å². The van der Waals surface area contributed by atoms with Crippen molar-refractivity contribution < 1.29 is 9.84 Å². The monoisotopic (exact) mass is 432 g/mol. The highest BCUT2D eigenvalue weighted by Gasteiger charge is 2.25. The van der Waals surface area contributed by atoms with Gasteiger partial charge in [0, 0.05) is 32.7 Å². The highest BCUT2D eigenvalue weighted by molar-refractivity contribution is 5.59. The van der Waals surface area contributed by atoms with E-state index in [2.05, 4.69) is 62.1 Å². The summed E-state index contributed by atoms with van der Waals surface area (Å²) in [5.41, 5.74) is 4.15. The number of aliphatic hydroxyl groups excluding tert-OH is 1. The third-order valence-electron chi connectivity index (χ3n) is 5.65. The van der Waals surface area contributed by atoms with Crippen molar-refractivity contribution in [2.75, 3.05) is 25.5 Å². The minimum absolute atomic E-state index is 0.0695. The van der Waals surface area contributed by atoms with E-state index < -0.39 is 6.10 Å². The molecule has 0 saturated heterocycles. The molecule has 0 spiro atoms. The molecule has 0 fully saturated rings. The van der Waals surface area contributed by atoms with Crippen LogP contribution < -0.4 is 9.64 Å². The first-order valence-corrected chi connectivity index (χ1v) is 11.2. The Morgan fingerprint density at radius 3 is 2.00 bits per heavy atom. The van der Waals surface area contributed by atoms with Crippen molar-refractivity contribution in [1.82, 2.24) is 4.90 Å². The van der Waals surface area contributed by atoms with Gasteiger partial charge >= 0.3 is 0 Å². The van der Waals surface area contributed by atoms with Gasteiger partial charge in [-0.1, -0.05) is 66.7 Å². The van der Waals surface area contributed by atoms with Crippen LogP contribution in [0.5, 0.6) is 5.75 Å². The second kappa shape index (κ2) is 10.7. The smallest absolute Gasteiger partial charge is 0.143 e. The molecule has 4 nitrogen and oxygen atoms in total. The van der Waals surface area contributed by atoms with Crippen molar-refractivity contribution in [3.8, 4) is 5.75 Å². The van der Waals surface area contributed by atoms with Crippen molar-refractivity contribution in [2.45, 2.75) is 45.6 Å². The quantitative estimate of drug-likeness (QED) is 0.473. The van der Waals surface area contributed by atoms with Gasteiger partial charge in [-0.2, -0.15) is 0 Å².